The zero-order valence-electron chi connectivity index (χ0n) is 17.5. The number of hydrogen-bond donors (Lipinski definition) is 1. The predicted molar refractivity (Wildman–Crippen MR) is 129 cm³/mol. The van der Waals surface area contributed by atoms with Crippen molar-refractivity contribution in [3.05, 3.63) is 95.6 Å². The third-order valence-corrected chi connectivity index (χ3v) is 6.58. The highest BCUT2D eigenvalue weighted by Crippen LogP contribution is 2.37. The van der Waals surface area contributed by atoms with Crippen molar-refractivity contribution in [3.63, 3.8) is 0 Å². The average molecular weight is 466 g/mol. The van der Waals surface area contributed by atoms with E-state index in [1.54, 1.807) is 29.3 Å². The van der Waals surface area contributed by atoms with E-state index in [-0.39, 0.29) is 16.0 Å². The van der Waals surface area contributed by atoms with Gasteiger partial charge in [-0.25, -0.2) is 13.4 Å². The van der Waals surface area contributed by atoms with E-state index >= 15 is 0 Å². The van der Waals surface area contributed by atoms with Gasteiger partial charge in [-0.1, -0.05) is 60.7 Å². The maximum Gasteiger partial charge on any atom is 0.187 e. The van der Waals surface area contributed by atoms with E-state index < -0.39 is 9.84 Å². The molecule has 0 aliphatic carbocycles. The lowest BCUT2D eigenvalue weighted by Crippen LogP contribution is -2.31. The zero-order chi connectivity index (χ0) is 22.7. The number of hydrazone groups is 1. The quantitative estimate of drug-likeness (QED) is 0.553. The molecule has 6 nitrogen and oxygen atoms in total. The smallest absolute Gasteiger partial charge is 0.187 e. The van der Waals surface area contributed by atoms with Crippen LogP contribution in [0.5, 0.6) is 5.75 Å². The van der Waals surface area contributed by atoms with E-state index in [1.165, 1.54) is 6.26 Å². The Morgan fingerprint density at radius 1 is 1.06 bits per heavy atom. The van der Waals surface area contributed by atoms with Gasteiger partial charge >= 0.3 is 0 Å². The third-order valence-electron chi connectivity index (χ3n) is 5.27. The van der Waals surface area contributed by atoms with Crippen LogP contribution in [-0.2, 0) is 16.4 Å². The molecule has 0 bridgehead atoms. The van der Waals surface area contributed by atoms with Gasteiger partial charge in [0.2, 0.25) is 0 Å². The second-order valence-electron chi connectivity index (χ2n) is 7.56. The normalized spacial score (nSPS) is 16.0. The van der Waals surface area contributed by atoms with Crippen LogP contribution in [0.15, 0.2) is 88.9 Å². The highest BCUT2D eigenvalue weighted by molar-refractivity contribution is 7.90. The van der Waals surface area contributed by atoms with Crippen molar-refractivity contribution in [2.75, 3.05) is 6.26 Å². The van der Waals surface area contributed by atoms with Gasteiger partial charge in [0.1, 0.15) is 12.4 Å². The zero-order valence-corrected chi connectivity index (χ0v) is 19.1. The van der Waals surface area contributed by atoms with Crippen LogP contribution in [0.2, 0.25) is 0 Å². The van der Waals surface area contributed by atoms with Gasteiger partial charge in [0.05, 0.1) is 16.6 Å². The van der Waals surface area contributed by atoms with Gasteiger partial charge < -0.3 is 10.5 Å². The van der Waals surface area contributed by atoms with Gasteiger partial charge in [-0.15, -0.1) is 0 Å². The minimum Gasteiger partial charge on any atom is -0.489 e. The molecule has 8 heteroatoms. The summed E-state index contributed by atoms with van der Waals surface area (Å²) >= 11 is 5.27. The van der Waals surface area contributed by atoms with E-state index in [9.17, 15) is 8.42 Å². The van der Waals surface area contributed by atoms with Crippen LogP contribution in [0.25, 0.3) is 0 Å². The van der Waals surface area contributed by atoms with Gasteiger partial charge in [0.25, 0.3) is 0 Å². The van der Waals surface area contributed by atoms with Crippen molar-refractivity contribution in [1.29, 1.82) is 0 Å². The van der Waals surface area contributed by atoms with E-state index in [0.717, 1.165) is 28.2 Å². The van der Waals surface area contributed by atoms with Crippen LogP contribution >= 0.6 is 12.2 Å². The Bertz CT molecular complexity index is 1260. The number of nitrogens with zero attached hydrogens (tertiary/aromatic N) is 2. The first-order valence-corrected chi connectivity index (χ1v) is 12.3. The van der Waals surface area contributed by atoms with Crippen molar-refractivity contribution in [2.45, 2.75) is 24.0 Å². The van der Waals surface area contributed by atoms with Gasteiger partial charge in [-0.05, 0) is 41.5 Å². The van der Waals surface area contributed by atoms with E-state index in [2.05, 4.69) is 5.10 Å². The van der Waals surface area contributed by atoms with E-state index in [1.807, 2.05) is 54.6 Å². The molecule has 3 aromatic rings. The molecule has 1 aliphatic heterocycles. The summed E-state index contributed by atoms with van der Waals surface area (Å²) in [5, 5.41) is 6.43. The summed E-state index contributed by atoms with van der Waals surface area (Å²) in [6, 6.07) is 24.2. The van der Waals surface area contributed by atoms with Crippen LogP contribution in [0.1, 0.15) is 29.2 Å². The standard InChI is InChI=1S/C24H23N3O3S2/c1-32(28,29)19-13-11-18(12-14-19)21-15-22(27(26-21)24(25)31)20-9-5-6-10-23(20)30-16-17-7-3-2-4-8-17/h2-14,22H,15-16H2,1H3,(H2,25,31). The minimum atomic E-state index is -3.26. The van der Waals surface area contributed by atoms with Gasteiger partial charge in [-0.2, -0.15) is 5.10 Å². The largest absolute Gasteiger partial charge is 0.489 e. The van der Waals surface area contributed by atoms with Crippen molar-refractivity contribution in [2.24, 2.45) is 10.8 Å². The number of rotatable bonds is 6. The highest BCUT2D eigenvalue weighted by Gasteiger charge is 2.32. The maximum absolute atomic E-state index is 11.8. The molecule has 2 N–H and O–H groups in total. The number of para-hydroxylation sites is 1. The minimum absolute atomic E-state index is 0.163. The summed E-state index contributed by atoms with van der Waals surface area (Å²) in [6.07, 6.45) is 1.74. The summed E-state index contributed by atoms with van der Waals surface area (Å²) in [5.74, 6) is 0.742. The number of hydrogen-bond acceptors (Lipinski definition) is 5. The molecule has 0 amide bonds. The molecule has 0 fully saturated rings. The van der Waals surface area contributed by atoms with Crippen molar-refractivity contribution in [1.82, 2.24) is 5.01 Å². The Labute approximate surface area is 193 Å². The summed E-state index contributed by atoms with van der Waals surface area (Å²) in [5.41, 5.74) is 9.60. The van der Waals surface area contributed by atoms with Crippen LogP contribution < -0.4 is 10.5 Å². The summed E-state index contributed by atoms with van der Waals surface area (Å²) in [4.78, 5) is 0.266. The molecular formula is C24H23N3O3S2. The molecule has 1 atom stereocenters. The van der Waals surface area contributed by atoms with Crippen LogP contribution in [0.3, 0.4) is 0 Å². The first-order valence-electron chi connectivity index (χ1n) is 10.1. The van der Waals surface area contributed by atoms with Crippen LogP contribution in [0, 0.1) is 0 Å². The Kier molecular flexibility index (Phi) is 6.25. The van der Waals surface area contributed by atoms with Gasteiger partial charge in [0, 0.05) is 18.2 Å². The lowest BCUT2D eigenvalue weighted by Gasteiger charge is -2.24. The molecule has 1 unspecified atom stereocenters. The molecule has 4 rings (SSSR count). The summed E-state index contributed by atoms with van der Waals surface area (Å²) in [6.45, 7) is 0.443. The molecule has 1 aliphatic rings. The van der Waals surface area contributed by atoms with Crippen molar-refractivity contribution < 1.29 is 13.2 Å². The summed E-state index contributed by atoms with van der Waals surface area (Å²) < 4.78 is 29.6. The topological polar surface area (TPSA) is 85.0 Å². The fraction of sp³-hybridized carbons (Fsp3) is 0.167. The third kappa shape index (κ3) is 4.81. The molecular weight excluding hydrogens is 442 g/mol. The molecule has 0 saturated heterocycles. The average Bonchev–Trinajstić information content (AvgIpc) is 3.24. The Balaban J connectivity index is 1.60. The molecule has 0 saturated carbocycles. The van der Waals surface area contributed by atoms with Gasteiger partial charge in [-0.3, -0.25) is 0 Å². The maximum atomic E-state index is 11.8. The second-order valence-corrected chi connectivity index (χ2v) is 9.99. The van der Waals surface area contributed by atoms with Crippen molar-refractivity contribution >= 4 is 32.9 Å². The fourth-order valence-corrected chi connectivity index (χ4v) is 4.45. The molecule has 0 aromatic heterocycles. The highest BCUT2D eigenvalue weighted by atomic mass is 32.2. The number of sulfone groups is 1. The first-order chi connectivity index (χ1) is 15.3. The summed E-state index contributed by atoms with van der Waals surface area (Å²) in [7, 11) is -3.26. The van der Waals surface area contributed by atoms with E-state index in [0.29, 0.717) is 13.0 Å². The monoisotopic (exact) mass is 465 g/mol. The lowest BCUT2D eigenvalue weighted by atomic mass is 9.98. The second kappa shape index (κ2) is 9.10. The SMILES string of the molecule is CS(=O)(=O)c1ccc(C2=NN(C(N)=S)C(c3ccccc3OCc3ccccc3)C2)cc1. The molecule has 32 heavy (non-hydrogen) atoms. The fourth-order valence-electron chi connectivity index (χ4n) is 3.65. The number of ether oxygens (including phenoxy) is 1. The number of thiocarbonyl (C=S) groups is 1. The number of nitrogens with two attached hydrogens (primary N) is 1. The van der Waals surface area contributed by atoms with Crippen molar-refractivity contribution in [3.8, 4) is 5.75 Å². The lowest BCUT2D eigenvalue weighted by molar-refractivity contribution is 0.289. The molecule has 164 valence electrons. The molecule has 1 heterocycles. The van der Waals surface area contributed by atoms with Crippen LogP contribution in [-0.4, -0.2) is 30.5 Å². The predicted octanol–water partition coefficient (Wildman–Crippen LogP) is 4.06. The molecule has 3 aromatic carbocycles. The Hall–Kier alpha value is -3.23. The Morgan fingerprint density at radius 3 is 2.38 bits per heavy atom. The van der Waals surface area contributed by atoms with E-state index in [4.69, 9.17) is 22.7 Å². The van der Waals surface area contributed by atoms with Crippen LogP contribution in [0.4, 0.5) is 0 Å². The number of benzene rings is 3. The Morgan fingerprint density at radius 2 is 1.72 bits per heavy atom. The molecule has 0 radical (unpaired) electrons. The molecule has 0 spiro atoms. The van der Waals surface area contributed by atoms with Gasteiger partial charge in [0.15, 0.2) is 14.9 Å². The first kappa shape index (κ1) is 22.0.